The van der Waals surface area contributed by atoms with Crippen molar-refractivity contribution in [3.8, 4) is 0 Å². The second kappa shape index (κ2) is 11.2. The van der Waals surface area contributed by atoms with Crippen LogP contribution in [0, 0.1) is 0 Å². The zero-order valence-corrected chi connectivity index (χ0v) is 19.9. The van der Waals surface area contributed by atoms with Crippen molar-refractivity contribution in [2.24, 2.45) is 10.7 Å². The largest absolute Gasteiger partial charge is 0.399 e. The number of anilines is 1. The first kappa shape index (κ1) is 24.4. The average Bonchev–Trinajstić information content (AvgIpc) is 3.04. The van der Waals surface area contributed by atoms with Gasteiger partial charge in [-0.05, 0) is 42.3 Å². The van der Waals surface area contributed by atoms with Crippen molar-refractivity contribution in [2.45, 2.75) is 26.4 Å². The number of hydroxylamine groups is 2. The zero-order chi connectivity index (χ0) is 24.8. The summed E-state index contributed by atoms with van der Waals surface area (Å²) in [7, 11) is 0. The zero-order valence-electron chi connectivity index (χ0n) is 19.9. The number of carbonyl (C=O) groups is 2. The quantitative estimate of drug-likeness (QED) is 0.467. The molecule has 2 aromatic carbocycles. The number of amidine groups is 1. The summed E-state index contributed by atoms with van der Waals surface area (Å²) in [5.74, 6) is -0.0318. The molecule has 0 unspecified atom stereocenters. The van der Waals surface area contributed by atoms with Crippen LogP contribution < -0.4 is 11.5 Å². The molecule has 35 heavy (non-hydrogen) atoms. The van der Waals surface area contributed by atoms with E-state index in [2.05, 4.69) is 4.99 Å². The number of nitrogen functional groups attached to an aromatic ring is 1. The Labute approximate surface area is 204 Å². The fraction of sp³-hybridized carbons (Fsp3) is 0.346. The first-order valence-electron chi connectivity index (χ1n) is 11.8. The van der Waals surface area contributed by atoms with E-state index in [4.69, 9.17) is 21.0 Å². The maximum absolute atomic E-state index is 13.4. The second-order valence-electron chi connectivity index (χ2n) is 8.55. The molecular formula is C26H31N5O4. The van der Waals surface area contributed by atoms with Crippen molar-refractivity contribution in [2.75, 3.05) is 38.6 Å². The molecule has 4 N–H and O–H groups in total. The maximum atomic E-state index is 13.4. The lowest BCUT2D eigenvalue weighted by Crippen LogP contribution is -2.40. The summed E-state index contributed by atoms with van der Waals surface area (Å²) in [5.41, 5.74) is 15.8. The lowest BCUT2D eigenvalue weighted by Gasteiger charge is -2.27. The van der Waals surface area contributed by atoms with E-state index < -0.39 is 0 Å². The third kappa shape index (κ3) is 6.06. The van der Waals surface area contributed by atoms with Crippen LogP contribution in [0.5, 0.6) is 0 Å². The number of hydrogen-bond donors (Lipinski definition) is 2. The van der Waals surface area contributed by atoms with Crippen molar-refractivity contribution in [3.05, 3.63) is 64.7 Å². The summed E-state index contributed by atoms with van der Waals surface area (Å²) in [6, 6.07) is 12.6. The second-order valence-corrected chi connectivity index (χ2v) is 8.55. The van der Waals surface area contributed by atoms with Gasteiger partial charge in [0, 0.05) is 48.4 Å². The molecule has 2 amide bonds. The summed E-state index contributed by atoms with van der Waals surface area (Å²) in [4.78, 5) is 38.4. The van der Waals surface area contributed by atoms with Gasteiger partial charge in [0.15, 0.2) is 0 Å². The van der Waals surface area contributed by atoms with E-state index >= 15 is 0 Å². The number of aliphatic imine (C=N–C) groups is 1. The highest BCUT2D eigenvalue weighted by Crippen LogP contribution is 2.29. The number of hydrogen-bond acceptors (Lipinski definition) is 7. The maximum Gasteiger partial charge on any atom is 0.273 e. The predicted octanol–water partition coefficient (Wildman–Crippen LogP) is 2.89. The van der Waals surface area contributed by atoms with Crippen molar-refractivity contribution in [1.29, 1.82) is 0 Å². The SMILES string of the molecule is CCCN(OCc1ccc(N)cc1)C(=O)C1=Cc2ccc(C(=O)N3CCOCC3)cc2N=C(N)C1. The normalized spacial score (nSPS) is 15.5. The number of ether oxygens (including phenoxy) is 1. The molecule has 0 atom stereocenters. The van der Waals surface area contributed by atoms with Crippen molar-refractivity contribution < 1.29 is 19.2 Å². The Morgan fingerprint density at radius 3 is 2.57 bits per heavy atom. The minimum absolute atomic E-state index is 0.0698. The van der Waals surface area contributed by atoms with Gasteiger partial charge in [-0.25, -0.2) is 10.1 Å². The molecule has 0 aliphatic carbocycles. The van der Waals surface area contributed by atoms with E-state index in [-0.39, 0.29) is 24.8 Å². The molecule has 0 saturated carbocycles. The van der Waals surface area contributed by atoms with Gasteiger partial charge in [-0.3, -0.25) is 14.4 Å². The standard InChI is InChI=1S/C26H31N5O4/c1-2-9-31(35-17-18-3-7-22(27)8-4-18)26(33)21-14-19-5-6-20(15-23(19)29-24(28)16-21)25(32)30-10-12-34-13-11-30/h3-8,14-15H,2,9-13,16-17,27H2,1H3,(H2,28,29). The molecule has 1 fully saturated rings. The van der Waals surface area contributed by atoms with Gasteiger partial charge in [-0.2, -0.15) is 0 Å². The monoisotopic (exact) mass is 477 g/mol. The average molecular weight is 478 g/mol. The Kier molecular flexibility index (Phi) is 7.79. The number of rotatable bonds is 7. The minimum atomic E-state index is -0.262. The van der Waals surface area contributed by atoms with Gasteiger partial charge in [0.1, 0.15) is 12.4 Å². The fourth-order valence-corrected chi connectivity index (χ4v) is 3.96. The number of benzene rings is 2. The smallest absolute Gasteiger partial charge is 0.273 e. The van der Waals surface area contributed by atoms with Crippen LogP contribution in [-0.4, -0.2) is 60.5 Å². The molecule has 9 nitrogen and oxygen atoms in total. The Hall–Kier alpha value is -3.69. The third-order valence-electron chi connectivity index (χ3n) is 5.84. The summed E-state index contributed by atoms with van der Waals surface area (Å²) in [5, 5.41) is 1.37. The lowest BCUT2D eigenvalue weighted by molar-refractivity contribution is -0.187. The molecule has 2 heterocycles. The van der Waals surface area contributed by atoms with E-state index in [0.29, 0.717) is 61.2 Å². The molecule has 184 valence electrons. The first-order valence-corrected chi connectivity index (χ1v) is 11.8. The third-order valence-corrected chi connectivity index (χ3v) is 5.84. The van der Waals surface area contributed by atoms with E-state index in [0.717, 1.165) is 17.5 Å². The molecule has 0 spiro atoms. The Morgan fingerprint density at radius 2 is 1.86 bits per heavy atom. The number of nitrogens with two attached hydrogens (primary N) is 2. The van der Waals surface area contributed by atoms with Crippen LogP contribution in [-0.2, 0) is 21.0 Å². The van der Waals surface area contributed by atoms with Crippen molar-refractivity contribution in [1.82, 2.24) is 9.96 Å². The number of fused-ring (bicyclic) bond motifs is 1. The molecule has 9 heteroatoms. The van der Waals surface area contributed by atoms with Gasteiger partial charge in [-0.1, -0.05) is 25.1 Å². The number of amides is 2. The fourth-order valence-electron chi connectivity index (χ4n) is 3.96. The molecule has 0 aromatic heterocycles. The number of nitrogens with zero attached hydrogens (tertiary/aromatic N) is 3. The predicted molar refractivity (Wildman–Crippen MR) is 135 cm³/mol. The molecule has 1 saturated heterocycles. The van der Waals surface area contributed by atoms with Crippen LogP contribution in [0.4, 0.5) is 11.4 Å². The molecule has 0 bridgehead atoms. The van der Waals surface area contributed by atoms with E-state index in [9.17, 15) is 9.59 Å². The number of carbonyl (C=O) groups excluding carboxylic acids is 2. The van der Waals surface area contributed by atoms with Crippen LogP contribution in [0.2, 0.25) is 0 Å². The Morgan fingerprint density at radius 1 is 1.11 bits per heavy atom. The van der Waals surface area contributed by atoms with Gasteiger partial charge in [-0.15, -0.1) is 0 Å². The minimum Gasteiger partial charge on any atom is -0.399 e. The van der Waals surface area contributed by atoms with Crippen molar-refractivity contribution in [3.63, 3.8) is 0 Å². The molecule has 2 aromatic rings. The highest BCUT2D eigenvalue weighted by Gasteiger charge is 2.24. The van der Waals surface area contributed by atoms with Gasteiger partial charge in [0.25, 0.3) is 11.8 Å². The van der Waals surface area contributed by atoms with E-state index in [1.165, 1.54) is 5.06 Å². The van der Waals surface area contributed by atoms with E-state index in [1.54, 1.807) is 41.3 Å². The summed E-state index contributed by atoms with van der Waals surface area (Å²) < 4.78 is 5.33. The van der Waals surface area contributed by atoms with Crippen LogP contribution in [0.3, 0.4) is 0 Å². The summed E-state index contributed by atoms with van der Waals surface area (Å²) in [6.45, 7) is 4.84. The molecule has 2 aliphatic rings. The Balaban J connectivity index is 1.53. The van der Waals surface area contributed by atoms with Gasteiger partial charge < -0.3 is 21.1 Å². The van der Waals surface area contributed by atoms with Gasteiger partial charge in [0.05, 0.1) is 18.9 Å². The van der Waals surface area contributed by atoms with Crippen LogP contribution >= 0.6 is 0 Å². The highest BCUT2D eigenvalue weighted by molar-refractivity contribution is 6.05. The Bertz CT molecular complexity index is 1140. The van der Waals surface area contributed by atoms with Crippen LogP contribution in [0.25, 0.3) is 6.08 Å². The first-order chi connectivity index (χ1) is 16.9. The van der Waals surface area contributed by atoms with E-state index in [1.807, 2.05) is 19.1 Å². The molecule has 4 rings (SSSR count). The summed E-state index contributed by atoms with van der Waals surface area (Å²) >= 11 is 0. The van der Waals surface area contributed by atoms with Crippen LogP contribution in [0.1, 0.15) is 41.3 Å². The highest BCUT2D eigenvalue weighted by atomic mass is 16.7. The summed E-state index contributed by atoms with van der Waals surface area (Å²) in [6.07, 6.45) is 2.69. The van der Waals surface area contributed by atoms with Crippen LogP contribution in [0.15, 0.2) is 53.0 Å². The van der Waals surface area contributed by atoms with Crippen molar-refractivity contribution >= 4 is 35.1 Å². The number of morpholine rings is 1. The van der Waals surface area contributed by atoms with Gasteiger partial charge >= 0.3 is 0 Å². The molecule has 0 radical (unpaired) electrons. The molecule has 2 aliphatic heterocycles. The lowest BCUT2D eigenvalue weighted by atomic mass is 10.0. The van der Waals surface area contributed by atoms with Gasteiger partial charge in [0.2, 0.25) is 0 Å². The molecular weight excluding hydrogens is 446 g/mol. The topological polar surface area (TPSA) is 123 Å².